The molecule has 0 aliphatic rings. The first-order valence-corrected chi connectivity index (χ1v) is 4.36. The standard InChI is InChI=1S/C9H9FN4O2/c10-7-4-6(13-14-12)2-1-5(7)3-8(11)9(15)16/h1-2,4,8H,3,11H2,(H,15,16)/t8-/m1/s1. The van der Waals surface area contributed by atoms with E-state index in [1.165, 1.54) is 12.1 Å². The molecule has 7 heteroatoms. The van der Waals surface area contributed by atoms with E-state index in [1.54, 1.807) is 0 Å². The molecule has 0 aliphatic carbocycles. The van der Waals surface area contributed by atoms with Crippen LogP contribution in [0.5, 0.6) is 0 Å². The molecule has 0 spiro atoms. The maximum atomic E-state index is 13.4. The van der Waals surface area contributed by atoms with Gasteiger partial charge in [0.2, 0.25) is 0 Å². The molecule has 1 aromatic rings. The molecule has 84 valence electrons. The molecule has 0 heterocycles. The zero-order valence-corrected chi connectivity index (χ0v) is 8.17. The number of carboxylic acids is 1. The first kappa shape index (κ1) is 12.0. The second-order valence-corrected chi connectivity index (χ2v) is 3.11. The molecule has 1 rings (SSSR count). The summed E-state index contributed by atoms with van der Waals surface area (Å²) in [6.45, 7) is 0. The Bertz CT molecular complexity index is 457. The van der Waals surface area contributed by atoms with Crippen LogP contribution in [-0.4, -0.2) is 17.1 Å². The Hall–Kier alpha value is -2.11. The van der Waals surface area contributed by atoms with Gasteiger partial charge in [0.05, 0.1) is 0 Å². The number of aliphatic carboxylic acids is 1. The second kappa shape index (κ2) is 5.11. The number of nitrogens with two attached hydrogens (primary N) is 1. The van der Waals surface area contributed by atoms with Crippen molar-refractivity contribution in [2.75, 3.05) is 0 Å². The Labute approximate surface area is 90.1 Å². The Morgan fingerprint density at radius 3 is 2.88 bits per heavy atom. The normalized spacial score (nSPS) is 11.6. The highest BCUT2D eigenvalue weighted by Crippen LogP contribution is 2.18. The van der Waals surface area contributed by atoms with E-state index in [-0.39, 0.29) is 17.7 Å². The second-order valence-electron chi connectivity index (χ2n) is 3.11. The van der Waals surface area contributed by atoms with Crippen molar-refractivity contribution in [3.05, 3.63) is 40.0 Å². The van der Waals surface area contributed by atoms with E-state index in [1.807, 2.05) is 0 Å². The molecule has 0 unspecified atom stereocenters. The van der Waals surface area contributed by atoms with Crippen LogP contribution in [-0.2, 0) is 11.2 Å². The summed E-state index contributed by atoms with van der Waals surface area (Å²) in [6.07, 6.45) is -0.113. The summed E-state index contributed by atoms with van der Waals surface area (Å²) < 4.78 is 13.4. The lowest BCUT2D eigenvalue weighted by molar-refractivity contribution is -0.138. The number of benzene rings is 1. The van der Waals surface area contributed by atoms with Gasteiger partial charge in [-0.2, -0.15) is 0 Å². The number of rotatable bonds is 4. The Morgan fingerprint density at radius 1 is 1.69 bits per heavy atom. The molecular formula is C9H9FN4O2. The summed E-state index contributed by atoms with van der Waals surface area (Å²) in [5, 5.41) is 11.8. The number of hydrogen-bond acceptors (Lipinski definition) is 3. The van der Waals surface area contributed by atoms with E-state index in [4.69, 9.17) is 16.4 Å². The molecule has 6 nitrogen and oxygen atoms in total. The third-order valence-electron chi connectivity index (χ3n) is 1.95. The van der Waals surface area contributed by atoms with E-state index in [9.17, 15) is 9.18 Å². The van der Waals surface area contributed by atoms with Crippen LogP contribution in [0.15, 0.2) is 23.3 Å². The quantitative estimate of drug-likeness (QED) is 0.461. The van der Waals surface area contributed by atoms with Gasteiger partial charge in [0.1, 0.15) is 11.9 Å². The largest absolute Gasteiger partial charge is 0.480 e. The van der Waals surface area contributed by atoms with Crippen molar-refractivity contribution in [2.24, 2.45) is 10.8 Å². The van der Waals surface area contributed by atoms with Gasteiger partial charge < -0.3 is 10.8 Å². The van der Waals surface area contributed by atoms with Crippen molar-refractivity contribution in [2.45, 2.75) is 12.5 Å². The van der Waals surface area contributed by atoms with Gasteiger partial charge in [-0.25, -0.2) is 4.39 Å². The average molecular weight is 224 g/mol. The number of hydrogen-bond donors (Lipinski definition) is 2. The fourth-order valence-corrected chi connectivity index (χ4v) is 1.14. The molecular weight excluding hydrogens is 215 g/mol. The van der Waals surface area contributed by atoms with Crippen LogP contribution in [0.3, 0.4) is 0 Å². The molecule has 1 atom stereocenters. The molecule has 0 aromatic heterocycles. The first-order chi connectivity index (χ1) is 7.54. The van der Waals surface area contributed by atoms with E-state index in [0.29, 0.717) is 0 Å². The third-order valence-corrected chi connectivity index (χ3v) is 1.95. The minimum absolute atomic E-state index is 0.113. The lowest BCUT2D eigenvalue weighted by Gasteiger charge is -2.07. The maximum Gasteiger partial charge on any atom is 0.320 e. The lowest BCUT2D eigenvalue weighted by Crippen LogP contribution is -2.32. The van der Waals surface area contributed by atoms with E-state index >= 15 is 0 Å². The van der Waals surface area contributed by atoms with E-state index < -0.39 is 17.8 Å². The van der Waals surface area contributed by atoms with Crippen LogP contribution >= 0.6 is 0 Å². The molecule has 0 saturated heterocycles. The minimum Gasteiger partial charge on any atom is -0.480 e. The Morgan fingerprint density at radius 2 is 2.38 bits per heavy atom. The predicted octanol–water partition coefficient (Wildman–Crippen LogP) is 1.72. The minimum atomic E-state index is -1.20. The molecule has 1 aromatic carbocycles. The first-order valence-electron chi connectivity index (χ1n) is 4.36. The Kier molecular flexibility index (Phi) is 3.82. The van der Waals surface area contributed by atoms with E-state index in [2.05, 4.69) is 10.0 Å². The fraction of sp³-hybridized carbons (Fsp3) is 0.222. The SMILES string of the molecule is [N-]=[N+]=Nc1ccc(C[C@@H](N)C(=O)O)c(F)c1. The molecule has 3 N–H and O–H groups in total. The van der Waals surface area contributed by atoms with Crippen molar-refractivity contribution >= 4 is 11.7 Å². The van der Waals surface area contributed by atoms with Crippen LogP contribution in [0.2, 0.25) is 0 Å². The molecule has 0 saturated carbocycles. The third kappa shape index (κ3) is 2.94. The van der Waals surface area contributed by atoms with Crippen molar-refractivity contribution in [1.82, 2.24) is 0 Å². The summed E-state index contributed by atoms with van der Waals surface area (Å²) in [4.78, 5) is 13.0. The summed E-state index contributed by atoms with van der Waals surface area (Å²) in [5.41, 5.74) is 13.7. The smallest absolute Gasteiger partial charge is 0.320 e. The molecule has 0 radical (unpaired) electrons. The lowest BCUT2D eigenvalue weighted by atomic mass is 10.1. The molecule has 0 aliphatic heterocycles. The van der Waals surface area contributed by atoms with Crippen LogP contribution in [0.4, 0.5) is 10.1 Å². The van der Waals surface area contributed by atoms with Gasteiger partial charge >= 0.3 is 5.97 Å². The number of azide groups is 1. The number of carbonyl (C=O) groups is 1. The number of halogens is 1. The highest BCUT2D eigenvalue weighted by atomic mass is 19.1. The summed E-state index contributed by atoms with van der Waals surface area (Å²) in [6, 6.07) is 2.62. The highest BCUT2D eigenvalue weighted by molar-refractivity contribution is 5.73. The van der Waals surface area contributed by atoms with Crippen molar-refractivity contribution < 1.29 is 14.3 Å². The molecule has 0 amide bonds. The van der Waals surface area contributed by atoms with Crippen molar-refractivity contribution in [3.8, 4) is 0 Å². The van der Waals surface area contributed by atoms with Gasteiger partial charge in [0, 0.05) is 17.0 Å². The van der Waals surface area contributed by atoms with Crippen LogP contribution in [0.1, 0.15) is 5.56 Å². The topological polar surface area (TPSA) is 112 Å². The van der Waals surface area contributed by atoms with Gasteiger partial charge in [0.25, 0.3) is 0 Å². The average Bonchev–Trinajstić information content (AvgIpc) is 2.22. The predicted molar refractivity (Wildman–Crippen MR) is 54.5 cm³/mol. The molecule has 0 bridgehead atoms. The van der Waals surface area contributed by atoms with Gasteiger partial charge in [-0.15, -0.1) is 0 Å². The van der Waals surface area contributed by atoms with Crippen LogP contribution in [0.25, 0.3) is 10.4 Å². The molecule has 0 fully saturated rings. The summed E-state index contributed by atoms with van der Waals surface area (Å²) in [7, 11) is 0. The highest BCUT2D eigenvalue weighted by Gasteiger charge is 2.14. The van der Waals surface area contributed by atoms with Crippen LogP contribution < -0.4 is 5.73 Å². The zero-order chi connectivity index (χ0) is 12.1. The molecule has 16 heavy (non-hydrogen) atoms. The maximum absolute atomic E-state index is 13.4. The fourth-order valence-electron chi connectivity index (χ4n) is 1.14. The van der Waals surface area contributed by atoms with E-state index in [0.717, 1.165) is 6.07 Å². The van der Waals surface area contributed by atoms with Gasteiger partial charge in [0.15, 0.2) is 0 Å². The Balaban J connectivity index is 2.91. The van der Waals surface area contributed by atoms with Crippen LogP contribution in [0, 0.1) is 5.82 Å². The monoisotopic (exact) mass is 224 g/mol. The van der Waals surface area contributed by atoms with Gasteiger partial charge in [-0.1, -0.05) is 17.2 Å². The van der Waals surface area contributed by atoms with Crippen molar-refractivity contribution in [1.29, 1.82) is 0 Å². The summed E-state index contributed by atoms with van der Waals surface area (Å²) in [5.74, 6) is -1.83. The van der Waals surface area contributed by atoms with Gasteiger partial charge in [-0.05, 0) is 17.2 Å². The summed E-state index contributed by atoms with van der Waals surface area (Å²) >= 11 is 0. The van der Waals surface area contributed by atoms with Gasteiger partial charge in [-0.3, -0.25) is 4.79 Å². The zero-order valence-electron chi connectivity index (χ0n) is 8.17. The number of carboxylic acid groups (broad SMARTS) is 1. The van der Waals surface area contributed by atoms with Crippen molar-refractivity contribution in [3.63, 3.8) is 0 Å². The number of nitrogens with zero attached hydrogens (tertiary/aromatic N) is 3.